The van der Waals surface area contributed by atoms with Gasteiger partial charge in [-0.25, -0.2) is 0 Å². The van der Waals surface area contributed by atoms with Gasteiger partial charge in [0.1, 0.15) is 0 Å². The van der Waals surface area contributed by atoms with Gasteiger partial charge in [0.15, 0.2) is 0 Å². The van der Waals surface area contributed by atoms with Gasteiger partial charge in [-0.1, -0.05) is 20.8 Å². The van der Waals surface area contributed by atoms with Crippen LogP contribution in [0.2, 0.25) is 0 Å². The maximum Gasteiger partial charge on any atom is 0.0978 e. The van der Waals surface area contributed by atoms with Crippen molar-refractivity contribution in [2.75, 3.05) is 12.4 Å². The average molecular weight is 160 g/mol. The van der Waals surface area contributed by atoms with E-state index < -0.39 is 0 Å². The standard InChI is InChI=1S/C8H16OS/c1-7(2,3)10-6-8(4)5-9-8/h5-6H2,1-4H3. The molecule has 1 rings (SSSR count). The molecular weight excluding hydrogens is 144 g/mol. The Morgan fingerprint density at radius 2 is 2.00 bits per heavy atom. The molecule has 0 amide bonds. The second-order valence-corrected chi connectivity index (χ2v) is 5.94. The molecule has 0 bridgehead atoms. The number of rotatable bonds is 2. The van der Waals surface area contributed by atoms with E-state index in [1.807, 2.05) is 11.8 Å². The zero-order valence-corrected chi connectivity index (χ0v) is 8.05. The molecule has 0 aliphatic carbocycles. The zero-order valence-electron chi connectivity index (χ0n) is 7.23. The number of ether oxygens (including phenoxy) is 1. The van der Waals surface area contributed by atoms with Gasteiger partial charge in [-0.2, -0.15) is 11.8 Å². The van der Waals surface area contributed by atoms with E-state index in [-0.39, 0.29) is 5.60 Å². The van der Waals surface area contributed by atoms with Crippen LogP contribution in [0.4, 0.5) is 0 Å². The second kappa shape index (κ2) is 2.42. The smallest absolute Gasteiger partial charge is 0.0978 e. The summed E-state index contributed by atoms with van der Waals surface area (Å²) in [4.78, 5) is 0. The summed E-state index contributed by atoms with van der Waals surface area (Å²) in [5, 5.41) is 0. The van der Waals surface area contributed by atoms with E-state index in [9.17, 15) is 0 Å². The van der Waals surface area contributed by atoms with Crippen LogP contribution >= 0.6 is 11.8 Å². The lowest BCUT2D eigenvalue weighted by Crippen LogP contribution is -2.16. The number of hydrogen-bond acceptors (Lipinski definition) is 2. The zero-order chi connectivity index (χ0) is 7.83. The lowest BCUT2D eigenvalue weighted by molar-refractivity contribution is 0.348. The van der Waals surface area contributed by atoms with Gasteiger partial charge in [0, 0.05) is 10.5 Å². The molecule has 1 heterocycles. The molecule has 0 radical (unpaired) electrons. The predicted molar refractivity (Wildman–Crippen MR) is 46.6 cm³/mol. The fourth-order valence-corrected chi connectivity index (χ4v) is 1.48. The Morgan fingerprint density at radius 3 is 2.30 bits per heavy atom. The monoisotopic (exact) mass is 160 g/mol. The van der Waals surface area contributed by atoms with Crippen LogP contribution in [-0.2, 0) is 4.74 Å². The normalized spacial score (nSPS) is 32.4. The summed E-state index contributed by atoms with van der Waals surface area (Å²) >= 11 is 1.98. The molecule has 0 aromatic carbocycles. The van der Waals surface area contributed by atoms with Crippen LogP contribution < -0.4 is 0 Å². The van der Waals surface area contributed by atoms with Gasteiger partial charge in [0.2, 0.25) is 0 Å². The largest absolute Gasteiger partial charge is 0.369 e. The van der Waals surface area contributed by atoms with Crippen LogP contribution in [0.5, 0.6) is 0 Å². The lowest BCUT2D eigenvalue weighted by atomic mass is 10.2. The van der Waals surface area contributed by atoms with Crippen molar-refractivity contribution in [3.05, 3.63) is 0 Å². The summed E-state index contributed by atoms with van der Waals surface area (Å²) in [6.45, 7) is 9.85. The van der Waals surface area contributed by atoms with Crippen LogP contribution in [0.1, 0.15) is 27.7 Å². The highest BCUT2D eigenvalue weighted by Gasteiger charge is 2.39. The first-order chi connectivity index (χ1) is 4.41. The molecule has 10 heavy (non-hydrogen) atoms. The summed E-state index contributed by atoms with van der Waals surface area (Å²) in [5.74, 6) is 1.14. The van der Waals surface area contributed by atoms with Crippen molar-refractivity contribution >= 4 is 11.8 Å². The minimum atomic E-state index is 0.220. The van der Waals surface area contributed by atoms with Crippen molar-refractivity contribution in [3.8, 4) is 0 Å². The summed E-state index contributed by atoms with van der Waals surface area (Å²) in [5.41, 5.74) is 0.220. The SMILES string of the molecule is CC1(CSC(C)(C)C)CO1. The Hall–Kier alpha value is 0.310. The van der Waals surface area contributed by atoms with E-state index in [4.69, 9.17) is 4.74 Å². The van der Waals surface area contributed by atoms with Gasteiger partial charge in [-0.3, -0.25) is 0 Å². The first kappa shape index (κ1) is 8.41. The maximum absolute atomic E-state index is 5.27. The molecule has 0 aromatic rings. The Kier molecular flexibility index (Phi) is 2.03. The number of thioether (sulfide) groups is 1. The molecule has 1 saturated heterocycles. The van der Waals surface area contributed by atoms with Gasteiger partial charge in [-0.05, 0) is 6.92 Å². The van der Waals surface area contributed by atoms with Crippen LogP contribution in [0, 0.1) is 0 Å². The fraction of sp³-hybridized carbons (Fsp3) is 1.00. The first-order valence-electron chi connectivity index (χ1n) is 3.69. The molecule has 0 spiro atoms. The third-order valence-electron chi connectivity index (χ3n) is 1.45. The third-order valence-corrected chi connectivity index (χ3v) is 3.07. The molecule has 2 heteroatoms. The highest BCUT2D eigenvalue weighted by atomic mass is 32.2. The molecular formula is C8H16OS. The second-order valence-electron chi connectivity index (χ2n) is 4.14. The summed E-state index contributed by atoms with van der Waals surface area (Å²) in [7, 11) is 0. The van der Waals surface area contributed by atoms with Crippen molar-refractivity contribution in [2.45, 2.75) is 38.0 Å². The predicted octanol–water partition coefficient (Wildman–Crippen LogP) is 2.31. The topological polar surface area (TPSA) is 12.5 Å². The summed E-state index contributed by atoms with van der Waals surface area (Å²) in [6, 6.07) is 0. The molecule has 1 aliphatic rings. The van der Waals surface area contributed by atoms with E-state index in [1.165, 1.54) is 0 Å². The Morgan fingerprint density at radius 1 is 1.50 bits per heavy atom. The Balaban J connectivity index is 2.17. The van der Waals surface area contributed by atoms with Crippen molar-refractivity contribution in [1.82, 2.24) is 0 Å². The molecule has 0 saturated carbocycles. The molecule has 0 N–H and O–H groups in total. The van der Waals surface area contributed by atoms with E-state index >= 15 is 0 Å². The van der Waals surface area contributed by atoms with E-state index in [1.54, 1.807) is 0 Å². The first-order valence-corrected chi connectivity index (χ1v) is 4.68. The summed E-state index contributed by atoms with van der Waals surface area (Å²) < 4.78 is 5.65. The van der Waals surface area contributed by atoms with Crippen LogP contribution in [0.15, 0.2) is 0 Å². The van der Waals surface area contributed by atoms with Gasteiger partial charge in [0.25, 0.3) is 0 Å². The van der Waals surface area contributed by atoms with Crippen molar-refractivity contribution in [2.24, 2.45) is 0 Å². The quantitative estimate of drug-likeness (QED) is 0.575. The van der Waals surface area contributed by atoms with Crippen molar-refractivity contribution in [3.63, 3.8) is 0 Å². The molecule has 1 fully saturated rings. The molecule has 1 aliphatic heterocycles. The molecule has 1 atom stereocenters. The highest BCUT2D eigenvalue weighted by molar-refractivity contribution is 8.00. The van der Waals surface area contributed by atoms with Crippen molar-refractivity contribution in [1.29, 1.82) is 0 Å². The molecule has 0 aromatic heterocycles. The number of hydrogen-bond donors (Lipinski definition) is 0. The molecule has 60 valence electrons. The van der Waals surface area contributed by atoms with Gasteiger partial charge in [-0.15, -0.1) is 0 Å². The third kappa shape index (κ3) is 2.93. The van der Waals surface area contributed by atoms with Crippen LogP contribution in [-0.4, -0.2) is 22.7 Å². The van der Waals surface area contributed by atoms with E-state index in [0.29, 0.717) is 4.75 Å². The minimum absolute atomic E-state index is 0.220. The van der Waals surface area contributed by atoms with Gasteiger partial charge < -0.3 is 4.74 Å². The lowest BCUT2D eigenvalue weighted by Gasteiger charge is -2.18. The Bertz CT molecular complexity index is 116. The fourth-order valence-electron chi connectivity index (χ4n) is 0.576. The molecule has 1 unspecified atom stereocenters. The Labute approximate surface area is 67.5 Å². The van der Waals surface area contributed by atoms with Gasteiger partial charge in [0.05, 0.1) is 12.2 Å². The van der Waals surface area contributed by atoms with Crippen molar-refractivity contribution < 1.29 is 4.74 Å². The van der Waals surface area contributed by atoms with Crippen LogP contribution in [0.3, 0.4) is 0 Å². The average Bonchev–Trinajstić information content (AvgIpc) is 2.43. The van der Waals surface area contributed by atoms with E-state index in [0.717, 1.165) is 12.4 Å². The maximum atomic E-state index is 5.27. The molecule has 1 nitrogen and oxygen atoms in total. The highest BCUT2D eigenvalue weighted by Crippen LogP contribution is 2.35. The van der Waals surface area contributed by atoms with E-state index in [2.05, 4.69) is 27.7 Å². The van der Waals surface area contributed by atoms with Gasteiger partial charge >= 0.3 is 0 Å². The number of epoxide rings is 1. The van der Waals surface area contributed by atoms with Crippen LogP contribution in [0.25, 0.3) is 0 Å². The summed E-state index contributed by atoms with van der Waals surface area (Å²) in [6.07, 6.45) is 0. The minimum Gasteiger partial charge on any atom is -0.369 e.